The van der Waals surface area contributed by atoms with Crippen molar-refractivity contribution in [2.45, 2.75) is 27.3 Å². The third-order valence-corrected chi connectivity index (χ3v) is 3.65. The van der Waals surface area contributed by atoms with Crippen LogP contribution in [0.1, 0.15) is 34.2 Å². The molecule has 0 saturated carbocycles. The van der Waals surface area contributed by atoms with Crippen LogP contribution >= 0.6 is 11.5 Å². The van der Waals surface area contributed by atoms with Crippen molar-refractivity contribution in [3.05, 3.63) is 40.8 Å². The molecule has 0 unspecified atom stereocenters. The van der Waals surface area contributed by atoms with E-state index >= 15 is 0 Å². The molecule has 0 aliphatic rings. The van der Waals surface area contributed by atoms with Gasteiger partial charge in [-0.15, -0.1) is 0 Å². The number of aryl methyl sites for hydroxylation is 2. The quantitative estimate of drug-likeness (QED) is 0.860. The molecule has 0 aliphatic heterocycles. The number of hydrogen-bond donors (Lipinski definition) is 1. The van der Waals surface area contributed by atoms with Crippen LogP contribution in [-0.4, -0.2) is 15.1 Å². The van der Waals surface area contributed by atoms with Crippen molar-refractivity contribution in [3.8, 4) is 0 Å². The molecule has 0 amide bonds. The Morgan fingerprint density at radius 3 is 2.89 bits per heavy atom. The van der Waals surface area contributed by atoms with E-state index in [4.69, 9.17) is 0 Å². The monoisotopic (exact) mass is 261 g/mol. The molecule has 2 rings (SSSR count). The standard InChI is InChI=1S/C13H15N3OS/c1-8-5-4-6-14-11(8)7-15-13-12(10(3)17)9(2)16-18-13/h4-6,15H,7H2,1-3H3. The van der Waals surface area contributed by atoms with Crippen molar-refractivity contribution in [2.24, 2.45) is 0 Å². The van der Waals surface area contributed by atoms with Gasteiger partial charge in [-0.3, -0.25) is 9.78 Å². The van der Waals surface area contributed by atoms with Gasteiger partial charge >= 0.3 is 0 Å². The number of hydrogen-bond acceptors (Lipinski definition) is 5. The largest absolute Gasteiger partial charge is 0.369 e. The molecule has 2 aromatic rings. The first-order valence-corrected chi connectivity index (χ1v) is 6.48. The maximum atomic E-state index is 11.5. The first kappa shape index (κ1) is 12.7. The van der Waals surface area contributed by atoms with Crippen LogP contribution in [0.25, 0.3) is 0 Å². The lowest BCUT2D eigenvalue weighted by atomic mass is 10.2. The molecule has 0 saturated heterocycles. The average molecular weight is 261 g/mol. The molecule has 0 bridgehead atoms. The zero-order valence-corrected chi connectivity index (χ0v) is 11.5. The molecule has 0 atom stereocenters. The Kier molecular flexibility index (Phi) is 3.72. The summed E-state index contributed by atoms with van der Waals surface area (Å²) in [4.78, 5) is 15.8. The van der Waals surface area contributed by atoms with Crippen molar-refractivity contribution in [3.63, 3.8) is 0 Å². The Labute approximate surface area is 110 Å². The molecule has 0 spiro atoms. The summed E-state index contributed by atoms with van der Waals surface area (Å²) in [7, 11) is 0. The van der Waals surface area contributed by atoms with Gasteiger partial charge in [-0.05, 0) is 43.9 Å². The van der Waals surface area contributed by atoms with Gasteiger partial charge in [0.15, 0.2) is 5.78 Å². The maximum absolute atomic E-state index is 11.5. The van der Waals surface area contributed by atoms with E-state index in [2.05, 4.69) is 14.7 Å². The number of ketones is 1. The van der Waals surface area contributed by atoms with E-state index in [1.807, 2.05) is 26.0 Å². The lowest BCUT2D eigenvalue weighted by molar-refractivity contribution is 0.101. The van der Waals surface area contributed by atoms with Crippen LogP contribution in [0.3, 0.4) is 0 Å². The Balaban J connectivity index is 2.16. The Morgan fingerprint density at radius 1 is 1.44 bits per heavy atom. The number of anilines is 1. The number of pyridine rings is 1. The molecule has 18 heavy (non-hydrogen) atoms. The Hall–Kier alpha value is -1.75. The fraction of sp³-hybridized carbons (Fsp3) is 0.308. The van der Waals surface area contributed by atoms with Gasteiger partial charge in [0.1, 0.15) is 5.00 Å². The summed E-state index contributed by atoms with van der Waals surface area (Å²) in [5.41, 5.74) is 3.59. The van der Waals surface area contributed by atoms with Crippen molar-refractivity contribution >= 4 is 22.3 Å². The fourth-order valence-corrected chi connectivity index (χ4v) is 2.61. The molecule has 0 fully saturated rings. The summed E-state index contributed by atoms with van der Waals surface area (Å²) in [5.74, 6) is 0.0430. The molecule has 0 aromatic carbocycles. The van der Waals surface area contributed by atoms with Crippen LogP contribution in [0.2, 0.25) is 0 Å². The van der Waals surface area contributed by atoms with Gasteiger partial charge in [0.05, 0.1) is 23.5 Å². The number of carbonyl (C=O) groups excluding carboxylic acids is 1. The minimum absolute atomic E-state index is 0.0430. The lowest BCUT2D eigenvalue weighted by Crippen LogP contribution is -2.05. The van der Waals surface area contributed by atoms with E-state index in [1.54, 1.807) is 13.1 Å². The maximum Gasteiger partial charge on any atom is 0.164 e. The third kappa shape index (κ3) is 2.56. The van der Waals surface area contributed by atoms with Crippen LogP contribution in [0, 0.1) is 13.8 Å². The average Bonchev–Trinajstić information content (AvgIpc) is 2.69. The minimum atomic E-state index is 0.0430. The second kappa shape index (κ2) is 5.27. The Morgan fingerprint density at radius 2 is 2.22 bits per heavy atom. The topological polar surface area (TPSA) is 54.9 Å². The van der Waals surface area contributed by atoms with Gasteiger partial charge in [-0.2, -0.15) is 4.37 Å². The number of nitrogens with one attached hydrogen (secondary N) is 1. The van der Waals surface area contributed by atoms with Gasteiger partial charge in [-0.1, -0.05) is 6.07 Å². The van der Waals surface area contributed by atoms with Crippen LogP contribution < -0.4 is 5.32 Å². The summed E-state index contributed by atoms with van der Waals surface area (Å²) in [6.07, 6.45) is 1.77. The fourth-order valence-electron chi connectivity index (χ4n) is 1.77. The van der Waals surface area contributed by atoms with Crippen LogP contribution in [0.15, 0.2) is 18.3 Å². The summed E-state index contributed by atoms with van der Waals surface area (Å²) < 4.78 is 4.21. The van der Waals surface area contributed by atoms with E-state index in [0.717, 1.165) is 22.0 Å². The molecular formula is C13H15N3OS. The van der Waals surface area contributed by atoms with Crippen molar-refractivity contribution < 1.29 is 4.79 Å². The smallest absolute Gasteiger partial charge is 0.164 e. The number of rotatable bonds is 4. The number of Topliss-reactive ketones (excluding diaryl/α,β-unsaturated/α-hetero) is 1. The van der Waals surface area contributed by atoms with E-state index in [1.165, 1.54) is 11.5 Å². The molecular weight excluding hydrogens is 246 g/mol. The highest BCUT2D eigenvalue weighted by Crippen LogP contribution is 2.25. The van der Waals surface area contributed by atoms with E-state index in [-0.39, 0.29) is 5.78 Å². The summed E-state index contributed by atoms with van der Waals surface area (Å²) in [5, 5.41) is 4.07. The van der Waals surface area contributed by atoms with E-state index in [9.17, 15) is 4.79 Å². The SMILES string of the molecule is CC(=O)c1c(C)nsc1NCc1ncccc1C. The Bertz CT molecular complexity index is 577. The molecule has 1 N–H and O–H groups in total. The highest BCUT2D eigenvalue weighted by atomic mass is 32.1. The van der Waals surface area contributed by atoms with Gasteiger partial charge in [0, 0.05) is 6.20 Å². The first-order valence-electron chi connectivity index (χ1n) is 5.71. The van der Waals surface area contributed by atoms with E-state index in [0.29, 0.717) is 12.1 Å². The van der Waals surface area contributed by atoms with Crippen molar-refractivity contribution in [1.82, 2.24) is 9.36 Å². The molecule has 0 radical (unpaired) electrons. The highest BCUT2D eigenvalue weighted by molar-refractivity contribution is 7.10. The number of aromatic nitrogens is 2. The predicted octanol–water partition coefficient (Wildman–Crippen LogP) is 2.97. The van der Waals surface area contributed by atoms with Crippen LogP contribution in [-0.2, 0) is 6.54 Å². The molecule has 4 nitrogen and oxygen atoms in total. The summed E-state index contributed by atoms with van der Waals surface area (Å²) in [6, 6.07) is 3.94. The normalized spacial score (nSPS) is 10.4. The lowest BCUT2D eigenvalue weighted by Gasteiger charge is -2.07. The highest BCUT2D eigenvalue weighted by Gasteiger charge is 2.14. The number of nitrogens with zero attached hydrogens (tertiary/aromatic N) is 2. The van der Waals surface area contributed by atoms with Gasteiger partial charge in [0.25, 0.3) is 0 Å². The van der Waals surface area contributed by atoms with Crippen molar-refractivity contribution in [2.75, 3.05) is 5.32 Å². The molecule has 94 valence electrons. The minimum Gasteiger partial charge on any atom is -0.369 e. The molecule has 2 aromatic heterocycles. The molecule has 5 heteroatoms. The zero-order chi connectivity index (χ0) is 13.1. The summed E-state index contributed by atoms with van der Waals surface area (Å²) in [6.45, 7) is 6.04. The molecule has 0 aliphatic carbocycles. The van der Waals surface area contributed by atoms with Crippen LogP contribution in [0.4, 0.5) is 5.00 Å². The van der Waals surface area contributed by atoms with Gasteiger partial charge in [-0.25, -0.2) is 0 Å². The second-order valence-corrected chi connectivity index (χ2v) is 4.92. The number of carbonyl (C=O) groups is 1. The third-order valence-electron chi connectivity index (χ3n) is 2.75. The van der Waals surface area contributed by atoms with Gasteiger partial charge < -0.3 is 5.32 Å². The van der Waals surface area contributed by atoms with Crippen LogP contribution in [0.5, 0.6) is 0 Å². The van der Waals surface area contributed by atoms with Gasteiger partial charge in [0.2, 0.25) is 0 Å². The molecule has 2 heterocycles. The van der Waals surface area contributed by atoms with Crippen molar-refractivity contribution in [1.29, 1.82) is 0 Å². The summed E-state index contributed by atoms with van der Waals surface area (Å²) >= 11 is 1.32. The first-order chi connectivity index (χ1) is 8.59. The second-order valence-electron chi connectivity index (χ2n) is 4.15. The predicted molar refractivity (Wildman–Crippen MR) is 73.2 cm³/mol. The zero-order valence-electron chi connectivity index (χ0n) is 10.7. The van der Waals surface area contributed by atoms with E-state index < -0.39 is 0 Å².